The normalized spacial score (nSPS) is 21.8. The second-order valence-electron chi connectivity index (χ2n) is 6.28. The first-order valence-corrected chi connectivity index (χ1v) is 9.18. The third-order valence-electron chi connectivity index (χ3n) is 4.34. The lowest BCUT2D eigenvalue weighted by Gasteiger charge is -2.39. The number of alkyl halides is 2. The molecule has 134 valence electrons. The van der Waals surface area contributed by atoms with Gasteiger partial charge in [0.2, 0.25) is 0 Å². The maximum Gasteiger partial charge on any atom is 0.394 e. The minimum Gasteiger partial charge on any atom is -0.433 e. The summed E-state index contributed by atoms with van der Waals surface area (Å²) in [5, 5.41) is 0. The molecule has 0 unspecified atom stereocenters. The van der Waals surface area contributed by atoms with Gasteiger partial charge in [-0.05, 0) is 49.1 Å². The fourth-order valence-electron chi connectivity index (χ4n) is 3.17. The Balaban J connectivity index is 1.45. The van der Waals surface area contributed by atoms with Crippen LogP contribution in [0, 0.1) is 0 Å². The van der Waals surface area contributed by atoms with E-state index in [2.05, 4.69) is 13.9 Å². The van der Waals surface area contributed by atoms with Crippen LogP contribution in [0.4, 0.5) is 8.78 Å². The Morgan fingerprint density at radius 2 is 1.71 bits per heavy atom. The summed E-state index contributed by atoms with van der Waals surface area (Å²) in [4.78, 5) is 3.59. The van der Waals surface area contributed by atoms with Gasteiger partial charge in [-0.3, -0.25) is 4.90 Å². The first-order chi connectivity index (χ1) is 11.5. The van der Waals surface area contributed by atoms with Crippen molar-refractivity contribution in [3.8, 4) is 5.75 Å². The van der Waals surface area contributed by atoms with Crippen LogP contribution in [0.25, 0.3) is 0 Å². The average molecular weight is 358 g/mol. The highest BCUT2D eigenvalue weighted by Gasteiger charge is 2.26. The fraction of sp³-hybridized carbons (Fsp3) is 0.647. The van der Waals surface area contributed by atoms with Gasteiger partial charge >= 0.3 is 6.11 Å². The van der Waals surface area contributed by atoms with E-state index in [9.17, 15) is 8.78 Å². The van der Waals surface area contributed by atoms with Crippen molar-refractivity contribution in [1.82, 2.24) is 9.21 Å². The van der Waals surface area contributed by atoms with E-state index in [1.165, 1.54) is 0 Å². The van der Waals surface area contributed by atoms with Crippen LogP contribution in [0.2, 0.25) is 0 Å². The van der Waals surface area contributed by atoms with Gasteiger partial charge in [0.05, 0.1) is 13.2 Å². The third kappa shape index (κ3) is 5.31. The van der Waals surface area contributed by atoms with Crippen LogP contribution in [0.15, 0.2) is 29.2 Å². The van der Waals surface area contributed by atoms with Crippen molar-refractivity contribution >= 4 is 11.9 Å². The first-order valence-electron chi connectivity index (χ1n) is 8.41. The average Bonchev–Trinajstić information content (AvgIpc) is 2.57. The summed E-state index contributed by atoms with van der Waals surface area (Å²) in [6, 6.07) is 7.52. The highest BCUT2D eigenvalue weighted by molar-refractivity contribution is 7.97. The van der Waals surface area contributed by atoms with E-state index >= 15 is 0 Å². The van der Waals surface area contributed by atoms with Crippen molar-refractivity contribution in [2.24, 2.45) is 0 Å². The minimum atomic E-state index is -3.14. The summed E-state index contributed by atoms with van der Waals surface area (Å²) in [5.41, 5.74) is 0. The Bertz CT molecular complexity index is 510. The van der Waals surface area contributed by atoms with E-state index < -0.39 is 6.11 Å². The first kappa shape index (κ1) is 17.9. The predicted molar refractivity (Wildman–Crippen MR) is 90.5 cm³/mol. The number of benzene rings is 1. The Kier molecular flexibility index (Phi) is 5.97. The van der Waals surface area contributed by atoms with Gasteiger partial charge in [-0.2, -0.15) is 8.78 Å². The Morgan fingerprint density at radius 1 is 1.08 bits per heavy atom. The molecule has 2 aliphatic heterocycles. The Morgan fingerprint density at radius 3 is 2.29 bits per heavy atom. The highest BCUT2D eigenvalue weighted by atomic mass is 32.2. The maximum atomic E-state index is 12.8. The molecule has 7 heteroatoms. The summed E-state index contributed by atoms with van der Waals surface area (Å²) in [6.07, 6.45) is -0.817. The second-order valence-corrected chi connectivity index (χ2v) is 7.45. The van der Waals surface area contributed by atoms with Crippen LogP contribution >= 0.6 is 11.9 Å². The lowest BCUT2D eigenvalue weighted by molar-refractivity contribution is -0.158. The summed E-state index contributed by atoms with van der Waals surface area (Å²) in [6.45, 7) is 6.60. The zero-order chi connectivity index (χ0) is 17.0. The van der Waals surface area contributed by atoms with Crippen LogP contribution < -0.4 is 4.74 Å². The number of nitrogens with zero attached hydrogens (tertiary/aromatic N) is 2. The summed E-state index contributed by atoms with van der Waals surface area (Å²) < 4.78 is 38.0. The van der Waals surface area contributed by atoms with Crippen LogP contribution in [0.3, 0.4) is 0 Å². The molecule has 2 aliphatic rings. The molecule has 0 bridgehead atoms. The molecule has 0 radical (unpaired) electrons. The molecule has 2 saturated heterocycles. The molecule has 0 aliphatic carbocycles. The molecule has 0 spiro atoms. The smallest absolute Gasteiger partial charge is 0.394 e. The van der Waals surface area contributed by atoms with Crippen molar-refractivity contribution in [2.75, 3.05) is 39.4 Å². The van der Waals surface area contributed by atoms with E-state index in [-0.39, 0.29) is 5.75 Å². The third-order valence-corrected chi connectivity index (χ3v) is 5.45. The number of hydrogen-bond donors (Lipinski definition) is 0. The molecule has 4 nitrogen and oxygen atoms in total. The van der Waals surface area contributed by atoms with Crippen molar-refractivity contribution in [2.45, 2.75) is 36.8 Å². The lowest BCUT2D eigenvalue weighted by Crippen LogP contribution is -2.47. The van der Waals surface area contributed by atoms with Gasteiger partial charge in [0, 0.05) is 44.0 Å². The van der Waals surface area contributed by atoms with Gasteiger partial charge in [-0.1, -0.05) is 0 Å². The Hall–Kier alpha value is -0.890. The number of hydrogen-bond acceptors (Lipinski definition) is 5. The summed E-state index contributed by atoms with van der Waals surface area (Å²) in [5.74, 6) is 0.192. The quantitative estimate of drug-likeness (QED) is 0.751. The van der Waals surface area contributed by atoms with E-state index in [4.69, 9.17) is 4.74 Å². The van der Waals surface area contributed by atoms with E-state index in [1.54, 1.807) is 24.1 Å². The number of morpholine rings is 1. The van der Waals surface area contributed by atoms with Gasteiger partial charge in [-0.15, -0.1) is 0 Å². The van der Waals surface area contributed by atoms with Crippen molar-refractivity contribution in [3.63, 3.8) is 0 Å². The largest absolute Gasteiger partial charge is 0.433 e. The van der Waals surface area contributed by atoms with E-state index in [0.29, 0.717) is 6.04 Å². The van der Waals surface area contributed by atoms with Crippen molar-refractivity contribution in [1.29, 1.82) is 0 Å². The molecule has 0 aromatic heterocycles. The van der Waals surface area contributed by atoms with Crippen LogP contribution in [0.5, 0.6) is 5.75 Å². The SMILES string of the molecule is CC(F)(F)Oc1ccc(SN2CCC(N3CCOCC3)CC2)cc1. The Labute approximate surface area is 146 Å². The van der Waals surface area contributed by atoms with Crippen LogP contribution in [-0.4, -0.2) is 60.7 Å². The number of piperidine rings is 1. The van der Waals surface area contributed by atoms with Gasteiger partial charge in [-0.25, -0.2) is 4.31 Å². The van der Waals surface area contributed by atoms with Gasteiger partial charge in [0.1, 0.15) is 5.75 Å². The zero-order valence-corrected chi connectivity index (χ0v) is 14.7. The molecule has 0 N–H and O–H groups in total. The number of ether oxygens (including phenoxy) is 2. The van der Waals surface area contributed by atoms with Gasteiger partial charge in [0.15, 0.2) is 0 Å². The van der Waals surface area contributed by atoms with E-state index in [1.807, 2.05) is 12.1 Å². The molecular formula is C17H24F2N2O2S. The molecule has 24 heavy (non-hydrogen) atoms. The monoisotopic (exact) mass is 358 g/mol. The summed E-state index contributed by atoms with van der Waals surface area (Å²) >= 11 is 1.69. The van der Waals surface area contributed by atoms with Crippen molar-refractivity contribution < 1.29 is 18.3 Å². The van der Waals surface area contributed by atoms with E-state index in [0.717, 1.165) is 64.1 Å². The molecule has 0 atom stereocenters. The zero-order valence-electron chi connectivity index (χ0n) is 13.9. The molecule has 3 rings (SSSR count). The molecule has 1 aromatic rings. The number of rotatable bonds is 5. The van der Waals surface area contributed by atoms with Crippen LogP contribution in [-0.2, 0) is 4.74 Å². The second kappa shape index (κ2) is 7.99. The molecule has 2 fully saturated rings. The molecule has 1 aromatic carbocycles. The molecule has 0 amide bonds. The maximum absolute atomic E-state index is 12.8. The van der Waals surface area contributed by atoms with Gasteiger partial charge < -0.3 is 9.47 Å². The lowest BCUT2D eigenvalue weighted by atomic mass is 10.0. The highest BCUT2D eigenvalue weighted by Crippen LogP contribution is 2.30. The minimum absolute atomic E-state index is 0.192. The predicted octanol–water partition coefficient (Wildman–Crippen LogP) is 3.48. The standard InChI is InChI=1S/C17H24F2N2O2S/c1-17(18,19)23-15-2-4-16(5-3-15)24-21-8-6-14(7-9-21)20-10-12-22-13-11-20/h2-5,14H,6-13H2,1H3. The topological polar surface area (TPSA) is 24.9 Å². The molecule has 2 heterocycles. The fourth-order valence-corrected chi connectivity index (χ4v) is 4.12. The number of halogens is 2. The molecule has 0 saturated carbocycles. The molecular weight excluding hydrogens is 334 g/mol. The van der Waals surface area contributed by atoms with Crippen molar-refractivity contribution in [3.05, 3.63) is 24.3 Å². The van der Waals surface area contributed by atoms with Gasteiger partial charge in [0.25, 0.3) is 0 Å². The van der Waals surface area contributed by atoms with Crippen LogP contribution in [0.1, 0.15) is 19.8 Å². The summed E-state index contributed by atoms with van der Waals surface area (Å²) in [7, 11) is 0.